The number of carbonyl (C=O) groups is 1. The number of aromatic nitrogens is 3. The van der Waals surface area contributed by atoms with Crippen molar-refractivity contribution in [3.8, 4) is 11.4 Å². The Hall–Kier alpha value is -3.17. The summed E-state index contributed by atoms with van der Waals surface area (Å²) in [5.41, 5.74) is 0.923. The van der Waals surface area contributed by atoms with Gasteiger partial charge in [-0.1, -0.05) is 0 Å². The summed E-state index contributed by atoms with van der Waals surface area (Å²) in [6, 6.07) is 11.4. The maximum absolute atomic E-state index is 10.9. The van der Waals surface area contributed by atoms with Crippen molar-refractivity contribution in [2.75, 3.05) is 26.3 Å². The van der Waals surface area contributed by atoms with E-state index < -0.39 is 0 Å². The van der Waals surface area contributed by atoms with Crippen molar-refractivity contribution in [3.05, 3.63) is 60.6 Å². The summed E-state index contributed by atoms with van der Waals surface area (Å²) < 4.78 is 24.1. The van der Waals surface area contributed by atoms with Gasteiger partial charge in [-0.3, -0.25) is 9.69 Å². The molecule has 1 fully saturated rings. The van der Waals surface area contributed by atoms with Crippen LogP contribution in [-0.4, -0.2) is 58.0 Å². The molecule has 0 N–H and O–H groups in total. The summed E-state index contributed by atoms with van der Waals surface area (Å²) in [7, 11) is 0. The molecule has 1 atom stereocenters. The first-order valence-electron chi connectivity index (χ1n) is 9.78. The second kappa shape index (κ2) is 9.55. The lowest BCUT2D eigenvalue weighted by Gasteiger charge is -2.32. The molecule has 0 bridgehead atoms. The SMILES string of the molecule is CC(=O)OCc1ccc(CN2CCOC(COc3ccc(-n4cncn4)cc3)C2)o1. The normalized spacial score (nSPS) is 17.0. The highest BCUT2D eigenvalue weighted by Gasteiger charge is 2.22. The third kappa shape index (κ3) is 5.46. The molecule has 4 rings (SSSR count). The molecule has 2 aromatic heterocycles. The van der Waals surface area contributed by atoms with Crippen molar-refractivity contribution < 1.29 is 23.4 Å². The van der Waals surface area contributed by atoms with Crippen LogP contribution in [0, 0.1) is 0 Å². The average molecular weight is 412 g/mol. The predicted octanol–water partition coefficient (Wildman–Crippen LogP) is 2.20. The molecule has 30 heavy (non-hydrogen) atoms. The lowest BCUT2D eigenvalue weighted by atomic mass is 10.2. The van der Waals surface area contributed by atoms with Crippen LogP contribution in [0.3, 0.4) is 0 Å². The van der Waals surface area contributed by atoms with Crippen molar-refractivity contribution in [3.63, 3.8) is 0 Å². The molecule has 3 aromatic rings. The molecule has 1 aromatic carbocycles. The smallest absolute Gasteiger partial charge is 0.303 e. The molecule has 3 heterocycles. The third-order valence-electron chi connectivity index (χ3n) is 4.69. The first-order chi connectivity index (χ1) is 14.7. The van der Waals surface area contributed by atoms with E-state index in [1.165, 1.54) is 13.3 Å². The fourth-order valence-electron chi connectivity index (χ4n) is 3.23. The minimum Gasteiger partial charge on any atom is -0.491 e. The van der Waals surface area contributed by atoms with Crippen LogP contribution in [0.5, 0.6) is 5.75 Å². The van der Waals surface area contributed by atoms with Crippen molar-refractivity contribution >= 4 is 5.97 Å². The van der Waals surface area contributed by atoms with E-state index in [2.05, 4.69) is 15.0 Å². The van der Waals surface area contributed by atoms with Crippen molar-refractivity contribution in [2.24, 2.45) is 0 Å². The number of morpholine rings is 1. The zero-order valence-corrected chi connectivity index (χ0v) is 16.8. The van der Waals surface area contributed by atoms with Gasteiger partial charge in [0.05, 0.1) is 18.8 Å². The van der Waals surface area contributed by atoms with Gasteiger partial charge >= 0.3 is 5.97 Å². The van der Waals surface area contributed by atoms with Crippen molar-refractivity contribution in [2.45, 2.75) is 26.2 Å². The number of nitrogens with zero attached hydrogens (tertiary/aromatic N) is 4. The van der Waals surface area contributed by atoms with E-state index >= 15 is 0 Å². The number of hydrogen-bond acceptors (Lipinski definition) is 8. The molecule has 0 spiro atoms. The number of carbonyl (C=O) groups excluding carboxylic acids is 1. The third-order valence-corrected chi connectivity index (χ3v) is 4.69. The van der Waals surface area contributed by atoms with Crippen LogP contribution < -0.4 is 4.74 Å². The van der Waals surface area contributed by atoms with Crippen LogP contribution in [-0.2, 0) is 27.4 Å². The van der Waals surface area contributed by atoms with Crippen LogP contribution in [0.2, 0.25) is 0 Å². The van der Waals surface area contributed by atoms with Crippen molar-refractivity contribution in [1.82, 2.24) is 19.7 Å². The maximum atomic E-state index is 10.9. The van der Waals surface area contributed by atoms with E-state index in [1.807, 2.05) is 36.4 Å². The van der Waals surface area contributed by atoms with E-state index in [-0.39, 0.29) is 18.7 Å². The van der Waals surface area contributed by atoms with Gasteiger partial charge in [-0.15, -0.1) is 0 Å². The topological polar surface area (TPSA) is 91.8 Å². The maximum Gasteiger partial charge on any atom is 0.303 e. The largest absolute Gasteiger partial charge is 0.491 e. The van der Waals surface area contributed by atoms with Gasteiger partial charge < -0.3 is 18.6 Å². The minimum absolute atomic E-state index is 0.0239. The van der Waals surface area contributed by atoms with Gasteiger partial charge in [0.2, 0.25) is 0 Å². The Morgan fingerprint density at radius 3 is 2.80 bits per heavy atom. The number of hydrogen-bond donors (Lipinski definition) is 0. The number of ether oxygens (including phenoxy) is 3. The standard InChI is InChI=1S/C21H24N4O5/c1-16(26)28-12-20-7-6-19(30-20)10-24-8-9-27-21(11-24)13-29-18-4-2-17(3-5-18)25-15-22-14-23-25/h2-7,14-15,21H,8-13H2,1H3. The summed E-state index contributed by atoms with van der Waals surface area (Å²) in [4.78, 5) is 17.1. The van der Waals surface area contributed by atoms with Gasteiger partial charge in [0, 0.05) is 20.0 Å². The minimum atomic E-state index is -0.322. The second-order valence-electron chi connectivity index (χ2n) is 7.02. The van der Waals surface area contributed by atoms with Gasteiger partial charge in [0.1, 0.15) is 49.2 Å². The summed E-state index contributed by atoms with van der Waals surface area (Å²) in [5.74, 6) is 1.93. The molecule has 0 amide bonds. The quantitative estimate of drug-likeness (QED) is 0.520. The van der Waals surface area contributed by atoms with Gasteiger partial charge in [-0.05, 0) is 36.4 Å². The van der Waals surface area contributed by atoms with Crippen LogP contribution in [0.1, 0.15) is 18.4 Å². The fourth-order valence-corrected chi connectivity index (χ4v) is 3.23. The first-order valence-corrected chi connectivity index (χ1v) is 9.78. The monoisotopic (exact) mass is 412 g/mol. The lowest BCUT2D eigenvalue weighted by Crippen LogP contribution is -2.44. The Morgan fingerprint density at radius 1 is 1.20 bits per heavy atom. The summed E-state index contributed by atoms with van der Waals surface area (Å²) in [6.07, 6.45) is 3.13. The van der Waals surface area contributed by atoms with Crippen LogP contribution >= 0.6 is 0 Å². The zero-order valence-electron chi connectivity index (χ0n) is 16.8. The van der Waals surface area contributed by atoms with Crippen molar-refractivity contribution in [1.29, 1.82) is 0 Å². The molecule has 1 saturated heterocycles. The Bertz CT molecular complexity index is 939. The number of furan rings is 1. The second-order valence-corrected chi connectivity index (χ2v) is 7.02. The molecular weight excluding hydrogens is 388 g/mol. The molecule has 1 aliphatic rings. The van der Waals surface area contributed by atoms with E-state index in [0.29, 0.717) is 25.5 Å². The highest BCUT2D eigenvalue weighted by atomic mass is 16.5. The molecule has 0 saturated carbocycles. The predicted molar refractivity (Wildman–Crippen MR) is 106 cm³/mol. The van der Waals surface area contributed by atoms with E-state index in [9.17, 15) is 4.79 Å². The van der Waals surface area contributed by atoms with Gasteiger partial charge in [-0.25, -0.2) is 9.67 Å². The Labute approximate surface area is 174 Å². The molecule has 9 heteroatoms. The zero-order chi connectivity index (χ0) is 20.8. The molecule has 0 aliphatic carbocycles. The average Bonchev–Trinajstić information content (AvgIpc) is 3.44. The highest BCUT2D eigenvalue weighted by molar-refractivity contribution is 5.65. The van der Waals surface area contributed by atoms with Crippen LogP contribution in [0.25, 0.3) is 5.69 Å². The van der Waals surface area contributed by atoms with E-state index in [0.717, 1.165) is 30.3 Å². The summed E-state index contributed by atoms with van der Waals surface area (Å²) >= 11 is 0. The Morgan fingerprint density at radius 2 is 2.03 bits per heavy atom. The van der Waals surface area contributed by atoms with E-state index in [4.69, 9.17) is 18.6 Å². The van der Waals surface area contributed by atoms with Crippen LogP contribution in [0.4, 0.5) is 0 Å². The number of benzene rings is 1. The number of esters is 1. The van der Waals surface area contributed by atoms with Gasteiger partial charge in [-0.2, -0.15) is 5.10 Å². The fraction of sp³-hybridized carbons (Fsp3) is 0.381. The molecule has 1 aliphatic heterocycles. The van der Waals surface area contributed by atoms with Crippen LogP contribution in [0.15, 0.2) is 53.5 Å². The summed E-state index contributed by atoms with van der Waals surface area (Å²) in [6.45, 7) is 4.89. The van der Waals surface area contributed by atoms with E-state index in [1.54, 1.807) is 11.0 Å². The van der Waals surface area contributed by atoms with Gasteiger partial charge in [0.15, 0.2) is 0 Å². The molecule has 9 nitrogen and oxygen atoms in total. The molecule has 0 radical (unpaired) electrons. The first kappa shape index (κ1) is 20.1. The Kier molecular flexibility index (Phi) is 6.41. The summed E-state index contributed by atoms with van der Waals surface area (Å²) in [5, 5.41) is 4.11. The highest BCUT2D eigenvalue weighted by Crippen LogP contribution is 2.17. The lowest BCUT2D eigenvalue weighted by molar-refractivity contribution is -0.142. The number of rotatable bonds is 8. The Balaban J connectivity index is 1.24. The molecular formula is C21H24N4O5. The molecule has 1 unspecified atom stereocenters. The van der Waals surface area contributed by atoms with Gasteiger partial charge in [0.25, 0.3) is 0 Å². The molecule has 158 valence electrons.